The summed E-state index contributed by atoms with van der Waals surface area (Å²) in [5, 5.41) is 2.71. The van der Waals surface area contributed by atoms with Gasteiger partial charge in [0, 0.05) is 24.3 Å². The average Bonchev–Trinajstić information content (AvgIpc) is 2.69. The molecule has 0 atom stereocenters. The number of rotatable bonds is 8. The molecule has 2 rings (SSSR count). The number of carbonyl (C=O) groups excluding carboxylic acids is 2. The SMILES string of the molecule is CCCS(=O)(=O)c1ccccc1C(=O)Nc1ccc(C(=O)N(CC)CC)cc1. The lowest BCUT2D eigenvalue weighted by Gasteiger charge is -2.18. The number of nitrogens with one attached hydrogen (secondary N) is 1. The Morgan fingerprint density at radius 3 is 2.11 bits per heavy atom. The van der Waals surface area contributed by atoms with Crippen LogP contribution in [0.4, 0.5) is 5.69 Å². The smallest absolute Gasteiger partial charge is 0.256 e. The van der Waals surface area contributed by atoms with Crippen LogP contribution in [-0.4, -0.2) is 44.0 Å². The molecule has 150 valence electrons. The summed E-state index contributed by atoms with van der Waals surface area (Å²) >= 11 is 0. The molecule has 0 heterocycles. The van der Waals surface area contributed by atoms with Crippen LogP contribution in [0.15, 0.2) is 53.4 Å². The fourth-order valence-corrected chi connectivity index (χ4v) is 4.43. The maximum Gasteiger partial charge on any atom is 0.256 e. The monoisotopic (exact) mass is 402 g/mol. The lowest BCUT2D eigenvalue weighted by Crippen LogP contribution is -2.30. The highest BCUT2D eigenvalue weighted by Crippen LogP contribution is 2.20. The first-order valence-corrected chi connectivity index (χ1v) is 11.0. The molecule has 0 fully saturated rings. The second kappa shape index (κ2) is 9.50. The highest BCUT2D eigenvalue weighted by atomic mass is 32.2. The van der Waals surface area contributed by atoms with Gasteiger partial charge in [0.05, 0.1) is 16.2 Å². The number of carbonyl (C=O) groups is 2. The van der Waals surface area contributed by atoms with Crippen molar-refractivity contribution in [2.75, 3.05) is 24.2 Å². The third-order valence-electron chi connectivity index (χ3n) is 4.38. The minimum absolute atomic E-state index is 0.0144. The molecule has 0 bridgehead atoms. The fourth-order valence-electron chi connectivity index (χ4n) is 2.89. The number of hydrogen-bond acceptors (Lipinski definition) is 4. The van der Waals surface area contributed by atoms with E-state index in [0.29, 0.717) is 30.8 Å². The number of hydrogen-bond donors (Lipinski definition) is 1. The van der Waals surface area contributed by atoms with Gasteiger partial charge in [-0.25, -0.2) is 8.42 Å². The van der Waals surface area contributed by atoms with Gasteiger partial charge in [-0.05, 0) is 56.7 Å². The molecular formula is C21H26N2O4S. The Balaban J connectivity index is 2.22. The van der Waals surface area contributed by atoms with Crippen LogP contribution >= 0.6 is 0 Å². The number of benzene rings is 2. The van der Waals surface area contributed by atoms with Gasteiger partial charge in [-0.1, -0.05) is 19.1 Å². The van der Waals surface area contributed by atoms with E-state index in [4.69, 9.17) is 0 Å². The molecule has 2 aromatic carbocycles. The molecule has 0 unspecified atom stereocenters. The molecule has 2 amide bonds. The number of anilines is 1. The maximum absolute atomic E-state index is 12.7. The minimum atomic E-state index is -3.52. The molecule has 6 nitrogen and oxygen atoms in total. The fraction of sp³-hybridized carbons (Fsp3) is 0.333. The van der Waals surface area contributed by atoms with Crippen LogP contribution in [0.1, 0.15) is 47.9 Å². The first-order valence-electron chi connectivity index (χ1n) is 9.36. The van der Waals surface area contributed by atoms with Gasteiger partial charge >= 0.3 is 0 Å². The maximum atomic E-state index is 12.7. The van der Waals surface area contributed by atoms with Gasteiger partial charge in [-0.15, -0.1) is 0 Å². The highest BCUT2D eigenvalue weighted by molar-refractivity contribution is 7.91. The largest absolute Gasteiger partial charge is 0.339 e. The summed E-state index contributed by atoms with van der Waals surface area (Å²) in [6, 6.07) is 12.8. The van der Waals surface area contributed by atoms with Crippen LogP contribution in [0.25, 0.3) is 0 Å². The molecule has 0 aliphatic heterocycles. The molecule has 0 saturated carbocycles. The number of amides is 2. The molecule has 0 radical (unpaired) electrons. The second-order valence-corrected chi connectivity index (χ2v) is 8.40. The van der Waals surface area contributed by atoms with Crippen LogP contribution in [0.3, 0.4) is 0 Å². The number of nitrogens with zero attached hydrogens (tertiary/aromatic N) is 1. The first-order chi connectivity index (χ1) is 13.3. The van der Waals surface area contributed by atoms with Gasteiger partial charge in [0.1, 0.15) is 0 Å². The van der Waals surface area contributed by atoms with Crippen molar-refractivity contribution < 1.29 is 18.0 Å². The summed E-state index contributed by atoms with van der Waals surface area (Å²) in [5.41, 5.74) is 1.13. The zero-order valence-electron chi connectivity index (χ0n) is 16.4. The van der Waals surface area contributed by atoms with Crippen molar-refractivity contribution in [1.29, 1.82) is 0 Å². The predicted octanol–water partition coefficient (Wildman–Crippen LogP) is 3.60. The standard InChI is InChI=1S/C21H26N2O4S/c1-4-15-28(26,27)19-10-8-7-9-18(19)20(24)22-17-13-11-16(12-14-17)21(25)23(5-2)6-3/h7-14H,4-6,15H2,1-3H3,(H,22,24). The summed E-state index contributed by atoms with van der Waals surface area (Å²) in [6.45, 7) is 6.86. The van der Waals surface area contributed by atoms with Gasteiger partial charge in [0.2, 0.25) is 0 Å². The Hall–Kier alpha value is -2.67. The third kappa shape index (κ3) is 4.98. The van der Waals surface area contributed by atoms with Gasteiger partial charge in [-0.3, -0.25) is 9.59 Å². The molecule has 1 N–H and O–H groups in total. The van der Waals surface area contributed by atoms with E-state index in [1.54, 1.807) is 48.2 Å². The molecule has 28 heavy (non-hydrogen) atoms. The molecule has 0 aliphatic carbocycles. The molecule has 2 aromatic rings. The first kappa shape index (κ1) is 21.6. The zero-order chi connectivity index (χ0) is 20.7. The van der Waals surface area contributed by atoms with Crippen LogP contribution in [-0.2, 0) is 9.84 Å². The Bertz CT molecular complexity index is 933. The molecule has 0 saturated heterocycles. The number of sulfone groups is 1. The van der Waals surface area contributed by atoms with E-state index in [-0.39, 0.29) is 22.1 Å². The zero-order valence-corrected chi connectivity index (χ0v) is 17.3. The van der Waals surface area contributed by atoms with Crippen molar-refractivity contribution in [2.24, 2.45) is 0 Å². The molecular weight excluding hydrogens is 376 g/mol. The van der Waals surface area contributed by atoms with E-state index in [2.05, 4.69) is 5.32 Å². The Morgan fingerprint density at radius 2 is 1.54 bits per heavy atom. The van der Waals surface area contributed by atoms with Crippen LogP contribution in [0.2, 0.25) is 0 Å². The summed E-state index contributed by atoms with van der Waals surface area (Å²) in [4.78, 5) is 26.7. The van der Waals surface area contributed by atoms with Crippen LogP contribution < -0.4 is 5.32 Å². The summed E-state index contributed by atoms with van der Waals surface area (Å²) in [7, 11) is -3.52. The van der Waals surface area contributed by atoms with E-state index in [9.17, 15) is 18.0 Å². The van der Waals surface area contributed by atoms with E-state index < -0.39 is 15.7 Å². The quantitative estimate of drug-likeness (QED) is 0.731. The Kier molecular flexibility index (Phi) is 7.34. The van der Waals surface area contributed by atoms with E-state index in [0.717, 1.165) is 0 Å². The van der Waals surface area contributed by atoms with Crippen molar-refractivity contribution in [3.8, 4) is 0 Å². The molecule has 0 aliphatic rings. The van der Waals surface area contributed by atoms with Gasteiger partial charge in [-0.2, -0.15) is 0 Å². The van der Waals surface area contributed by atoms with Crippen LogP contribution in [0, 0.1) is 0 Å². The second-order valence-electron chi connectivity index (χ2n) is 6.32. The normalized spacial score (nSPS) is 11.1. The Morgan fingerprint density at radius 1 is 0.929 bits per heavy atom. The van der Waals surface area contributed by atoms with E-state index in [1.165, 1.54) is 12.1 Å². The third-order valence-corrected chi connectivity index (χ3v) is 6.35. The van der Waals surface area contributed by atoms with Crippen molar-refractivity contribution in [2.45, 2.75) is 32.1 Å². The van der Waals surface area contributed by atoms with Gasteiger partial charge in [0.15, 0.2) is 9.84 Å². The molecule has 7 heteroatoms. The van der Waals surface area contributed by atoms with Gasteiger partial charge in [0.25, 0.3) is 11.8 Å². The highest BCUT2D eigenvalue weighted by Gasteiger charge is 2.21. The average molecular weight is 403 g/mol. The summed E-state index contributed by atoms with van der Waals surface area (Å²) in [5.74, 6) is -0.587. The lowest BCUT2D eigenvalue weighted by atomic mass is 10.1. The van der Waals surface area contributed by atoms with Crippen LogP contribution in [0.5, 0.6) is 0 Å². The molecule has 0 spiro atoms. The lowest BCUT2D eigenvalue weighted by molar-refractivity contribution is 0.0773. The van der Waals surface area contributed by atoms with Crippen molar-refractivity contribution in [1.82, 2.24) is 4.90 Å². The van der Waals surface area contributed by atoms with Crippen molar-refractivity contribution in [3.05, 3.63) is 59.7 Å². The Labute approximate surface area is 166 Å². The summed E-state index contributed by atoms with van der Waals surface area (Å²) in [6.07, 6.45) is 0.473. The minimum Gasteiger partial charge on any atom is -0.339 e. The summed E-state index contributed by atoms with van der Waals surface area (Å²) < 4.78 is 24.9. The van der Waals surface area contributed by atoms with E-state index in [1.807, 2.05) is 13.8 Å². The van der Waals surface area contributed by atoms with Crippen molar-refractivity contribution >= 4 is 27.3 Å². The van der Waals surface area contributed by atoms with E-state index >= 15 is 0 Å². The van der Waals surface area contributed by atoms with Gasteiger partial charge < -0.3 is 10.2 Å². The molecule has 0 aromatic heterocycles. The predicted molar refractivity (Wildman–Crippen MR) is 110 cm³/mol. The topological polar surface area (TPSA) is 83.5 Å². The van der Waals surface area contributed by atoms with Crippen molar-refractivity contribution in [3.63, 3.8) is 0 Å².